The zero-order chi connectivity index (χ0) is 16.1. The summed E-state index contributed by atoms with van der Waals surface area (Å²) in [6.45, 7) is 0.683. The van der Waals surface area contributed by atoms with E-state index in [2.05, 4.69) is 16.0 Å². The topological polar surface area (TPSA) is 84.8 Å². The molecule has 0 spiro atoms. The molecule has 0 radical (unpaired) electrons. The van der Waals surface area contributed by atoms with Gasteiger partial charge >= 0.3 is 0 Å². The van der Waals surface area contributed by atoms with E-state index >= 15 is 0 Å². The first kappa shape index (κ1) is 15.3. The van der Waals surface area contributed by atoms with Crippen LogP contribution in [0.25, 0.3) is 11.4 Å². The molecule has 23 heavy (non-hydrogen) atoms. The first-order valence-corrected chi connectivity index (χ1v) is 8.02. The van der Waals surface area contributed by atoms with Gasteiger partial charge in [0.15, 0.2) is 5.82 Å². The molecular weight excluding hydrogens is 288 g/mol. The van der Waals surface area contributed by atoms with Gasteiger partial charge in [0.05, 0.1) is 12.2 Å². The maximum atomic E-state index is 9.39. The molecule has 2 N–H and O–H groups in total. The lowest BCUT2D eigenvalue weighted by Crippen LogP contribution is -2.15. The van der Waals surface area contributed by atoms with Crippen molar-refractivity contribution in [3.8, 4) is 23.2 Å². The molecule has 0 atom stereocenters. The SMILES string of the molecule is N#Cc1cc(-c2nccc(N)n2)ccc1OCC1CCCCC1. The summed E-state index contributed by atoms with van der Waals surface area (Å²) in [6.07, 6.45) is 7.94. The maximum absolute atomic E-state index is 9.39. The average molecular weight is 308 g/mol. The fourth-order valence-electron chi connectivity index (χ4n) is 2.96. The van der Waals surface area contributed by atoms with Crippen molar-refractivity contribution in [1.82, 2.24) is 9.97 Å². The molecule has 0 unspecified atom stereocenters. The molecule has 0 saturated heterocycles. The van der Waals surface area contributed by atoms with Gasteiger partial charge in [-0.2, -0.15) is 5.26 Å². The lowest BCUT2D eigenvalue weighted by atomic mass is 9.90. The summed E-state index contributed by atoms with van der Waals surface area (Å²) in [5, 5.41) is 9.39. The molecule has 0 aliphatic heterocycles. The quantitative estimate of drug-likeness (QED) is 0.933. The van der Waals surface area contributed by atoms with Crippen molar-refractivity contribution in [2.24, 2.45) is 5.92 Å². The van der Waals surface area contributed by atoms with Crippen molar-refractivity contribution in [3.63, 3.8) is 0 Å². The fourth-order valence-corrected chi connectivity index (χ4v) is 2.96. The number of anilines is 1. The smallest absolute Gasteiger partial charge is 0.161 e. The number of nitriles is 1. The summed E-state index contributed by atoms with van der Waals surface area (Å²) in [5.74, 6) is 2.16. The lowest BCUT2D eigenvalue weighted by molar-refractivity contribution is 0.208. The summed E-state index contributed by atoms with van der Waals surface area (Å²) < 4.78 is 5.89. The Morgan fingerprint density at radius 1 is 1.22 bits per heavy atom. The minimum Gasteiger partial charge on any atom is -0.492 e. The lowest BCUT2D eigenvalue weighted by Gasteiger charge is -2.22. The molecular formula is C18H20N4O. The summed E-state index contributed by atoms with van der Waals surface area (Å²) in [7, 11) is 0. The van der Waals surface area contributed by atoms with Gasteiger partial charge in [0.25, 0.3) is 0 Å². The van der Waals surface area contributed by atoms with Crippen LogP contribution in [0.2, 0.25) is 0 Å². The highest BCUT2D eigenvalue weighted by Crippen LogP contribution is 2.28. The van der Waals surface area contributed by atoms with E-state index in [-0.39, 0.29) is 0 Å². The predicted octanol–water partition coefficient (Wildman–Crippen LogP) is 3.56. The Morgan fingerprint density at radius 2 is 2.04 bits per heavy atom. The van der Waals surface area contributed by atoms with Crippen molar-refractivity contribution < 1.29 is 4.74 Å². The number of benzene rings is 1. The number of hydrogen-bond acceptors (Lipinski definition) is 5. The van der Waals surface area contributed by atoms with Gasteiger partial charge in [-0.1, -0.05) is 19.3 Å². The zero-order valence-electron chi connectivity index (χ0n) is 13.0. The number of ether oxygens (including phenoxy) is 1. The number of nitrogens with two attached hydrogens (primary N) is 1. The first-order chi connectivity index (χ1) is 11.3. The van der Waals surface area contributed by atoms with E-state index in [0.29, 0.717) is 35.5 Å². The third-order valence-electron chi connectivity index (χ3n) is 4.23. The molecule has 1 heterocycles. The standard InChI is InChI=1S/C18H20N4O/c19-11-15-10-14(18-21-9-8-17(20)22-18)6-7-16(15)23-12-13-4-2-1-3-5-13/h6-10,13H,1-5,12H2,(H2,20,21,22). The number of hydrogen-bond donors (Lipinski definition) is 1. The highest BCUT2D eigenvalue weighted by atomic mass is 16.5. The summed E-state index contributed by atoms with van der Waals surface area (Å²) >= 11 is 0. The van der Waals surface area contributed by atoms with Crippen molar-refractivity contribution in [1.29, 1.82) is 5.26 Å². The number of nitrogens with zero attached hydrogens (tertiary/aromatic N) is 3. The zero-order valence-corrected chi connectivity index (χ0v) is 13.0. The average Bonchev–Trinajstić information content (AvgIpc) is 2.60. The monoisotopic (exact) mass is 308 g/mol. The van der Waals surface area contributed by atoms with E-state index in [0.717, 1.165) is 5.56 Å². The van der Waals surface area contributed by atoms with E-state index in [1.54, 1.807) is 18.3 Å². The molecule has 1 aliphatic carbocycles. The van der Waals surface area contributed by atoms with E-state index in [9.17, 15) is 5.26 Å². The third-order valence-corrected chi connectivity index (χ3v) is 4.23. The molecule has 5 nitrogen and oxygen atoms in total. The molecule has 1 fully saturated rings. The summed E-state index contributed by atoms with van der Waals surface area (Å²) in [6, 6.07) is 9.28. The van der Waals surface area contributed by atoms with Crippen LogP contribution in [-0.4, -0.2) is 16.6 Å². The molecule has 1 aromatic carbocycles. The molecule has 1 aliphatic rings. The van der Waals surface area contributed by atoms with E-state index in [1.807, 2.05) is 12.1 Å². The second kappa shape index (κ2) is 7.10. The molecule has 3 rings (SSSR count). The minimum absolute atomic E-state index is 0.408. The summed E-state index contributed by atoms with van der Waals surface area (Å²) in [5.41, 5.74) is 6.95. The number of nitrogen functional groups attached to an aromatic ring is 1. The summed E-state index contributed by atoms with van der Waals surface area (Å²) in [4.78, 5) is 8.38. The van der Waals surface area contributed by atoms with Gasteiger partial charge < -0.3 is 10.5 Å². The van der Waals surface area contributed by atoms with Crippen LogP contribution in [0.1, 0.15) is 37.7 Å². The Balaban J connectivity index is 1.76. The first-order valence-electron chi connectivity index (χ1n) is 8.02. The number of rotatable bonds is 4. The Morgan fingerprint density at radius 3 is 2.78 bits per heavy atom. The molecule has 2 aromatic rings. The van der Waals surface area contributed by atoms with Crippen LogP contribution in [0, 0.1) is 17.2 Å². The van der Waals surface area contributed by atoms with Crippen molar-refractivity contribution >= 4 is 5.82 Å². The third kappa shape index (κ3) is 3.78. The highest BCUT2D eigenvalue weighted by molar-refractivity contribution is 5.62. The largest absolute Gasteiger partial charge is 0.492 e. The van der Waals surface area contributed by atoms with E-state index < -0.39 is 0 Å². The maximum Gasteiger partial charge on any atom is 0.161 e. The van der Waals surface area contributed by atoms with Gasteiger partial charge in [0, 0.05) is 11.8 Å². The van der Waals surface area contributed by atoms with Crippen molar-refractivity contribution in [3.05, 3.63) is 36.0 Å². The van der Waals surface area contributed by atoms with Gasteiger partial charge in [-0.25, -0.2) is 9.97 Å². The molecule has 0 bridgehead atoms. The molecule has 1 aromatic heterocycles. The van der Waals surface area contributed by atoms with Gasteiger partial charge in [0.1, 0.15) is 17.6 Å². The van der Waals surface area contributed by atoms with Crippen LogP contribution in [0.4, 0.5) is 5.82 Å². The van der Waals surface area contributed by atoms with Crippen LogP contribution in [0.3, 0.4) is 0 Å². The minimum atomic E-state index is 0.408. The van der Waals surface area contributed by atoms with Gasteiger partial charge in [-0.15, -0.1) is 0 Å². The van der Waals surface area contributed by atoms with Crippen molar-refractivity contribution in [2.75, 3.05) is 12.3 Å². The van der Waals surface area contributed by atoms with Crippen LogP contribution in [0.15, 0.2) is 30.5 Å². The Kier molecular flexibility index (Phi) is 4.72. The van der Waals surface area contributed by atoms with Gasteiger partial charge in [0.2, 0.25) is 0 Å². The van der Waals surface area contributed by atoms with Crippen LogP contribution in [0.5, 0.6) is 5.75 Å². The van der Waals surface area contributed by atoms with Crippen molar-refractivity contribution in [2.45, 2.75) is 32.1 Å². The molecule has 0 amide bonds. The Bertz CT molecular complexity index is 717. The molecule has 5 heteroatoms. The normalized spacial score (nSPS) is 15.1. The van der Waals surface area contributed by atoms with E-state index in [4.69, 9.17) is 10.5 Å². The van der Waals surface area contributed by atoms with Gasteiger partial charge in [-0.3, -0.25) is 0 Å². The second-order valence-electron chi connectivity index (χ2n) is 5.94. The van der Waals surface area contributed by atoms with Crippen LogP contribution < -0.4 is 10.5 Å². The van der Waals surface area contributed by atoms with Crippen LogP contribution in [-0.2, 0) is 0 Å². The van der Waals surface area contributed by atoms with Gasteiger partial charge in [-0.05, 0) is 43.0 Å². The van der Waals surface area contributed by atoms with Crippen LogP contribution >= 0.6 is 0 Å². The Hall–Kier alpha value is -2.61. The predicted molar refractivity (Wildman–Crippen MR) is 88.7 cm³/mol. The van der Waals surface area contributed by atoms with E-state index in [1.165, 1.54) is 32.1 Å². The molecule has 118 valence electrons. The fraction of sp³-hybridized carbons (Fsp3) is 0.389. The highest BCUT2D eigenvalue weighted by Gasteiger charge is 2.15. The second-order valence-corrected chi connectivity index (χ2v) is 5.94. The molecule has 1 saturated carbocycles. The Labute approximate surface area is 136 Å². The number of aromatic nitrogens is 2.